The number of ether oxygens (including phenoxy) is 1. The Morgan fingerprint density at radius 1 is 1.02 bits per heavy atom. The summed E-state index contributed by atoms with van der Waals surface area (Å²) in [6.07, 6.45) is -2.83. The van der Waals surface area contributed by atoms with Gasteiger partial charge in [0.15, 0.2) is 0 Å². The van der Waals surface area contributed by atoms with E-state index in [4.69, 9.17) is 17.3 Å². The van der Waals surface area contributed by atoms with Crippen LogP contribution >= 0.6 is 11.6 Å². The van der Waals surface area contributed by atoms with Gasteiger partial charge in [-0.05, 0) is 67.3 Å². The molecule has 4 rings (SSSR count). The molecule has 0 spiro atoms. The van der Waals surface area contributed by atoms with Gasteiger partial charge in [-0.1, -0.05) is 41.9 Å². The van der Waals surface area contributed by atoms with Gasteiger partial charge in [0.2, 0.25) is 0 Å². The summed E-state index contributed by atoms with van der Waals surface area (Å²) in [6, 6.07) is 15.6. The predicted molar refractivity (Wildman–Crippen MR) is 153 cm³/mol. The van der Waals surface area contributed by atoms with Crippen LogP contribution in [0.25, 0.3) is 22.0 Å². The highest BCUT2D eigenvalue weighted by atomic mass is 35.5. The van der Waals surface area contributed by atoms with Crippen molar-refractivity contribution in [3.8, 4) is 16.9 Å². The van der Waals surface area contributed by atoms with Gasteiger partial charge >= 0.3 is 6.36 Å². The fraction of sp³-hybridized carbons (Fsp3) is 0.267. The van der Waals surface area contributed by atoms with E-state index in [-0.39, 0.29) is 23.0 Å². The highest BCUT2D eigenvalue weighted by Crippen LogP contribution is 2.33. The molecule has 1 aromatic heterocycles. The number of nitrogens with one attached hydrogen (secondary N) is 2. The van der Waals surface area contributed by atoms with Crippen molar-refractivity contribution < 1.29 is 27.5 Å². The number of nitrogens with zero attached hydrogens (tertiary/aromatic N) is 1. The van der Waals surface area contributed by atoms with Crippen LogP contribution in [0.1, 0.15) is 40.1 Å². The van der Waals surface area contributed by atoms with Crippen molar-refractivity contribution in [2.45, 2.75) is 32.7 Å². The third-order valence-electron chi connectivity index (χ3n) is 6.79. The molecule has 0 radical (unpaired) electrons. The van der Waals surface area contributed by atoms with Crippen molar-refractivity contribution in [2.75, 3.05) is 19.6 Å². The van der Waals surface area contributed by atoms with Crippen LogP contribution in [-0.4, -0.2) is 53.7 Å². The third-order valence-corrected chi connectivity index (χ3v) is 7.11. The van der Waals surface area contributed by atoms with Gasteiger partial charge in [0, 0.05) is 42.8 Å². The number of benzene rings is 3. The number of nitrogens with two attached hydrogens (primary N) is 1. The van der Waals surface area contributed by atoms with Crippen LogP contribution < -0.4 is 15.8 Å². The lowest BCUT2D eigenvalue weighted by molar-refractivity contribution is -0.274. The molecule has 0 aliphatic rings. The number of hydrogen-bond donors (Lipinski definition) is 3. The van der Waals surface area contributed by atoms with Crippen LogP contribution in [0.3, 0.4) is 0 Å². The van der Waals surface area contributed by atoms with Gasteiger partial charge in [-0.15, -0.1) is 13.2 Å². The number of alkyl halides is 3. The molecule has 2 amide bonds. The van der Waals surface area contributed by atoms with E-state index >= 15 is 0 Å². The molecule has 41 heavy (non-hydrogen) atoms. The number of fused-ring (bicyclic) bond motifs is 1. The molecule has 0 fully saturated rings. The average molecular weight is 587 g/mol. The van der Waals surface area contributed by atoms with Crippen LogP contribution in [0.4, 0.5) is 13.2 Å². The summed E-state index contributed by atoms with van der Waals surface area (Å²) in [5.74, 6) is -1.66. The molecule has 3 aromatic carbocycles. The summed E-state index contributed by atoms with van der Waals surface area (Å²) < 4.78 is 43.8. The van der Waals surface area contributed by atoms with Gasteiger partial charge in [-0.3, -0.25) is 9.59 Å². The molecule has 1 unspecified atom stereocenters. The molecule has 0 aliphatic heterocycles. The first kappa shape index (κ1) is 30.0. The fourth-order valence-corrected chi connectivity index (χ4v) is 4.93. The number of carbonyl (C=O) groups excluding carboxylic acids is 2. The predicted octanol–water partition coefficient (Wildman–Crippen LogP) is 6.17. The number of aromatic nitrogens is 1. The van der Waals surface area contributed by atoms with E-state index in [0.29, 0.717) is 36.2 Å². The van der Waals surface area contributed by atoms with Crippen molar-refractivity contribution in [3.63, 3.8) is 0 Å². The van der Waals surface area contributed by atoms with E-state index in [1.807, 2.05) is 44.3 Å². The van der Waals surface area contributed by atoms with E-state index in [1.54, 1.807) is 23.1 Å². The summed E-state index contributed by atoms with van der Waals surface area (Å²) in [7, 11) is 0. The largest absolute Gasteiger partial charge is 0.573 e. The van der Waals surface area contributed by atoms with E-state index in [2.05, 4.69) is 15.0 Å². The minimum Gasteiger partial charge on any atom is -0.405 e. The highest BCUT2D eigenvalue weighted by Gasteiger charge is 2.33. The van der Waals surface area contributed by atoms with Crippen LogP contribution in [0.15, 0.2) is 66.9 Å². The van der Waals surface area contributed by atoms with Gasteiger partial charge < -0.3 is 25.7 Å². The molecule has 1 heterocycles. The van der Waals surface area contributed by atoms with E-state index in [0.717, 1.165) is 22.5 Å². The molecule has 1 atom stereocenters. The summed E-state index contributed by atoms with van der Waals surface area (Å²) in [4.78, 5) is 30.9. The van der Waals surface area contributed by atoms with Crippen molar-refractivity contribution in [3.05, 3.63) is 88.6 Å². The molecule has 0 saturated heterocycles. The Bertz CT molecular complexity index is 1550. The van der Waals surface area contributed by atoms with Gasteiger partial charge in [-0.2, -0.15) is 0 Å². The molecule has 0 bridgehead atoms. The number of H-pyrrole nitrogens is 1. The van der Waals surface area contributed by atoms with Crippen LogP contribution in [-0.2, 0) is 6.42 Å². The molecular formula is C30H30ClF3N4O3. The summed E-state index contributed by atoms with van der Waals surface area (Å²) in [5, 5.41) is 3.89. The zero-order valence-corrected chi connectivity index (χ0v) is 23.3. The number of amides is 2. The Morgan fingerprint density at radius 3 is 2.37 bits per heavy atom. The Morgan fingerprint density at radius 2 is 1.71 bits per heavy atom. The van der Waals surface area contributed by atoms with Gasteiger partial charge in [-0.25, -0.2) is 0 Å². The average Bonchev–Trinajstić information content (AvgIpc) is 3.35. The minimum absolute atomic E-state index is 0.0536. The summed E-state index contributed by atoms with van der Waals surface area (Å²) in [5.41, 5.74) is 8.66. The Labute approximate surface area is 240 Å². The molecule has 0 aliphatic carbocycles. The van der Waals surface area contributed by atoms with Crippen LogP contribution in [0, 0.1) is 0 Å². The fourth-order valence-electron chi connectivity index (χ4n) is 4.67. The van der Waals surface area contributed by atoms with Crippen molar-refractivity contribution >= 4 is 34.3 Å². The van der Waals surface area contributed by atoms with E-state index in [9.17, 15) is 22.8 Å². The first-order valence-electron chi connectivity index (χ1n) is 13.1. The molecule has 4 N–H and O–H groups in total. The number of halogens is 4. The first-order chi connectivity index (χ1) is 19.5. The standard InChI is InChI=1S/C30H30ClF3N4O3/c1-3-38(4-2)29(40)23-11-9-19(15-25(23)31)18-10-12-27(41-30(32,33)34)24(14-18)28(39)37-21(16-35)13-20-17-36-26-8-6-5-7-22(20)26/h5-12,14-15,17,21,36H,3-4,13,16,35H2,1-2H3,(H,37,39). The molecule has 7 nitrogen and oxygen atoms in total. The zero-order valence-electron chi connectivity index (χ0n) is 22.5. The summed E-state index contributed by atoms with van der Waals surface area (Å²) >= 11 is 6.43. The zero-order chi connectivity index (χ0) is 29.7. The molecule has 11 heteroatoms. The molecular weight excluding hydrogens is 557 g/mol. The SMILES string of the molecule is CCN(CC)C(=O)c1ccc(-c2ccc(OC(F)(F)F)c(C(=O)NC(CN)Cc3c[nH]c4ccccc34)c2)cc1Cl. The number of para-hydroxylation sites is 1. The monoisotopic (exact) mass is 586 g/mol. The topological polar surface area (TPSA) is 100 Å². The van der Waals surface area contributed by atoms with Crippen molar-refractivity contribution in [1.29, 1.82) is 0 Å². The lowest BCUT2D eigenvalue weighted by Gasteiger charge is -2.20. The molecule has 4 aromatic rings. The lowest BCUT2D eigenvalue weighted by atomic mass is 9.99. The normalized spacial score (nSPS) is 12.3. The maximum Gasteiger partial charge on any atom is 0.573 e. The second-order valence-electron chi connectivity index (χ2n) is 9.40. The maximum atomic E-state index is 13.3. The minimum atomic E-state index is -5.01. The second-order valence-corrected chi connectivity index (χ2v) is 9.81. The first-order valence-corrected chi connectivity index (χ1v) is 13.5. The van der Waals surface area contributed by atoms with E-state index < -0.39 is 24.1 Å². The van der Waals surface area contributed by atoms with Gasteiger partial charge in [0.25, 0.3) is 11.8 Å². The smallest absolute Gasteiger partial charge is 0.405 e. The number of aromatic amines is 1. The third kappa shape index (κ3) is 7.01. The van der Waals surface area contributed by atoms with Crippen molar-refractivity contribution in [1.82, 2.24) is 15.2 Å². The Balaban J connectivity index is 1.64. The van der Waals surface area contributed by atoms with Gasteiger partial charge in [0.1, 0.15) is 5.75 Å². The van der Waals surface area contributed by atoms with Gasteiger partial charge in [0.05, 0.1) is 16.1 Å². The number of carbonyl (C=O) groups is 2. The quantitative estimate of drug-likeness (QED) is 0.207. The Kier molecular flexibility index (Phi) is 9.25. The summed E-state index contributed by atoms with van der Waals surface area (Å²) in [6.45, 7) is 4.79. The lowest BCUT2D eigenvalue weighted by Crippen LogP contribution is -2.42. The van der Waals surface area contributed by atoms with Crippen LogP contribution in [0.5, 0.6) is 5.75 Å². The molecule has 216 valence electrons. The van der Waals surface area contributed by atoms with Crippen molar-refractivity contribution in [2.24, 2.45) is 5.73 Å². The van der Waals surface area contributed by atoms with Crippen LogP contribution in [0.2, 0.25) is 5.02 Å². The van der Waals surface area contributed by atoms with E-state index in [1.165, 1.54) is 12.1 Å². The number of rotatable bonds is 10. The molecule has 0 saturated carbocycles. The number of hydrogen-bond acceptors (Lipinski definition) is 4. The Hall–Kier alpha value is -4.02. The maximum absolute atomic E-state index is 13.3. The second kappa shape index (κ2) is 12.7. The highest BCUT2D eigenvalue weighted by molar-refractivity contribution is 6.34.